The molecule has 1 heterocycles. The lowest BCUT2D eigenvalue weighted by Crippen LogP contribution is -2.01. The van der Waals surface area contributed by atoms with Crippen molar-refractivity contribution < 1.29 is 4.74 Å². The van der Waals surface area contributed by atoms with Crippen LogP contribution in [-0.4, -0.2) is 12.1 Å². The third-order valence-electron chi connectivity index (χ3n) is 2.73. The van der Waals surface area contributed by atoms with Gasteiger partial charge in [-0.2, -0.15) is 0 Å². The molecular formula is C14H16N2O. The molecular weight excluding hydrogens is 212 g/mol. The van der Waals surface area contributed by atoms with Crippen LogP contribution in [-0.2, 0) is 6.54 Å². The number of benzene rings is 1. The van der Waals surface area contributed by atoms with Crippen LogP contribution < -0.4 is 10.5 Å². The molecule has 17 heavy (non-hydrogen) atoms. The van der Waals surface area contributed by atoms with Crippen LogP contribution >= 0.6 is 0 Å². The molecule has 1 aromatic carbocycles. The Hall–Kier alpha value is -1.87. The van der Waals surface area contributed by atoms with Crippen LogP contribution in [0.2, 0.25) is 0 Å². The highest BCUT2D eigenvalue weighted by Gasteiger charge is 2.10. The van der Waals surface area contributed by atoms with E-state index < -0.39 is 0 Å². The molecule has 0 saturated heterocycles. The fourth-order valence-corrected chi connectivity index (χ4v) is 1.85. The lowest BCUT2D eigenvalue weighted by Gasteiger charge is -2.11. The zero-order valence-electron chi connectivity index (χ0n) is 10.1. The van der Waals surface area contributed by atoms with E-state index in [-0.39, 0.29) is 0 Å². The molecule has 0 aliphatic heterocycles. The van der Waals surface area contributed by atoms with E-state index in [1.54, 1.807) is 13.3 Å². The summed E-state index contributed by atoms with van der Waals surface area (Å²) < 4.78 is 5.34. The number of nitrogens with zero attached hydrogens (tertiary/aromatic N) is 1. The normalized spacial score (nSPS) is 10.3. The van der Waals surface area contributed by atoms with Crippen molar-refractivity contribution in [3.05, 3.63) is 47.7 Å². The number of aromatic nitrogens is 1. The monoisotopic (exact) mass is 228 g/mol. The second-order valence-corrected chi connectivity index (χ2v) is 3.92. The van der Waals surface area contributed by atoms with Gasteiger partial charge in [-0.1, -0.05) is 17.7 Å². The fraction of sp³-hybridized carbons (Fsp3) is 0.214. The van der Waals surface area contributed by atoms with Gasteiger partial charge in [0.25, 0.3) is 0 Å². The molecule has 0 saturated carbocycles. The molecule has 3 heteroatoms. The Kier molecular flexibility index (Phi) is 3.40. The Labute approximate surface area is 101 Å². The summed E-state index contributed by atoms with van der Waals surface area (Å²) in [6.07, 6.45) is 1.76. The van der Waals surface area contributed by atoms with Gasteiger partial charge in [0.05, 0.1) is 7.11 Å². The van der Waals surface area contributed by atoms with E-state index in [9.17, 15) is 0 Å². The van der Waals surface area contributed by atoms with Gasteiger partial charge in [0, 0.05) is 18.3 Å². The fourth-order valence-electron chi connectivity index (χ4n) is 1.85. The van der Waals surface area contributed by atoms with E-state index in [0.29, 0.717) is 6.54 Å². The number of ether oxygens (including phenoxy) is 1. The van der Waals surface area contributed by atoms with Gasteiger partial charge >= 0.3 is 0 Å². The highest BCUT2D eigenvalue weighted by molar-refractivity contribution is 5.70. The van der Waals surface area contributed by atoms with Gasteiger partial charge in [0.15, 0.2) is 0 Å². The Bertz CT molecular complexity index is 523. The molecule has 2 rings (SSSR count). The number of pyridine rings is 1. The first-order valence-electron chi connectivity index (χ1n) is 5.55. The molecule has 88 valence electrons. The van der Waals surface area contributed by atoms with Crippen molar-refractivity contribution in [3.63, 3.8) is 0 Å². The Morgan fingerprint density at radius 2 is 2.12 bits per heavy atom. The minimum Gasteiger partial charge on any atom is -0.494 e. The maximum Gasteiger partial charge on any atom is 0.145 e. The number of nitrogens with two attached hydrogens (primary N) is 1. The summed E-state index contributed by atoms with van der Waals surface area (Å²) in [6.45, 7) is 2.55. The molecule has 0 radical (unpaired) electrons. The van der Waals surface area contributed by atoms with Crippen LogP contribution in [0.3, 0.4) is 0 Å². The highest BCUT2D eigenvalue weighted by atomic mass is 16.5. The second-order valence-electron chi connectivity index (χ2n) is 3.92. The first kappa shape index (κ1) is 11.6. The van der Waals surface area contributed by atoms with E-state index in [2.05, 4.69) is 24.0 Å². The molecule has 0 bridgehead atoms. The maximum atomic E-state index is 5.76. The molecule has 1 aromatic heterocycles. The lowest BCUT2D eigenvalue weighted by molar-refractivity contribution is 0.415. The Morgan fingerprint density at radius 1 is 1.29 bits per heavy atom. The van der Waals surface area contributed by atoms with Crippen LogP contribution in [0.5, 0.6) is 5.75 Å². The predicted molar refractivity (Wildman–Crippen MR) is 68.9 cm³/mol. The van der Waals surface area contributed by atoms with E-state index >= 15 is 0 Å². The van der Waals surface area contributed by atoms with Crippen molar-refractivity contribution in [2.45, 2.75) is 13.5 Å². The molecule has 3 nitrogen and oxygen atoms in total. The van der Waals surface area contributed by atoms with E-state index in [4.69, 9.17) is 10.5 Å². The average molecular weight is 228 g/mol. The summed E-state index contributed by atoms with van der Waals surface area (Å²) in [7, 11) is 1.65. The van der Waals surface area contributed by atoms with Crippen molar-refractivity contribution in [1.82, 2.24) is 4.98 Å². The number of hydrogen-bond acceptors (Lipinski definition) is 3. The first-order chi connectivity index (χ1) is 8.26. The molecule has 0 aliphatic carbocycles. The van der Waals surface area contributed by atoms with Crippen molar-refractivity contribution in [2.24, 2.45) is 5.73 Å². The minimum atomic E-state index is 0.495. The van der Waals surface area contributed by atoms with Crippen LogP contribution in [0, 0.1) is 6.92 Å². The van der Waals surface area contributed by atoms with Crippen LogP contribution in [0.25, 0.3) is 11.3 Å². The molecule has 0 amide bonds. The van der Waals surface area contributed by atoms with Crippen LogP contribution in [0.4, 0.5) is 0 Å². The SMILES string of the molecule is COc1cccnc1-c1cc(C)ccc1CN. The quantitative estimate of drug-likeness (QED) is 0.878. The van der Waals surface area contributed by atoms with E-state index in [1.807, 2.05) is 18.2 Å². The zero-order valence-corrected chi connectivity index (χ0v) is 10.1. The topological polar surface area (TPSA) is 48.1 Å². The number of rotatable bonds is 3. The summed E-state index contributed by atoms with van der Waals surface area (Å²) in [4.78, 5) is 4.39. The molecule has 0 atom stereocenters. The van der Waals surface area contributed by atoms with Gasteiger partial charge in [-0.05, 0) is 30.7 Å². The molecule has 0 unspecified atom stereocenters. The third kappa shape index (κ3) is 2.29. The van der Waals surface area contributed by atoms with Crippen molar-refractivity contribution in [3.8, 4) is 17.0 Å². The summed E-state index contributed by atoms with van der Waals surface area (Å²) >= 11 is 0. The van der Waals surface area contributed by atoms with Crippen LogP contribution in [0.1, 0.15) is 11.1 Å². The average Bonchev–Trinajstić information content (AvgIpc) is 2.38. The predicted octanol–water partition coefficient (Wildman–Crippen LogP) is 2.52. The largest absolute Gasteiger partial charge is 0.494 e. The van der Waals surface area contributed by atoms with Gasteiger partial charge in [0.1, 0.15) is 11.4 Å². The van der Waals surface area contributed by atoms with Crippen molar-refractivity contribution in [2.75, 3.05) is 7.11 Å². The van der Waals surface area contributed by atoms with E-state index in [1.165, 1.54) is 5.56 Å². The maximum absolute atomic E-state index is 5.76. The van der Waals surface area contributed by atoms with Gasteiger partial charge < -0.3 is 10.5 Å². The van der Waals surface area contributed by atoms with Gasteiger partial charge in [-0.3, -0.25) is 4.98 Å². The number of methoxy groups -OCH3 is 1. The minimum absolute atomic E-state index is 0.495. The summed E-state index contributed by atoms with van der Waals surface area (Å²) in [6, 6.07) is 9.96. The standard InChI is InChI=1S/C14H16N2O/c1-10-5-6-11(9-15)12(8-10)14-13(17-2)4-3-7-16-14/h3-8H,9,15H2,1-2H3. The summed E-state index contributed by atoms with van der Waals surface area (Å²) in [5.41, 5.74) is 9.92. The summed E-state index contributed by atoms with van der Waals surface area (Å²) in [5.74, 6) is 0.771. The summed E-state index contributed by atoms with van der Waals surface area (Å²) in [5, 5.41) is 0. The molecule has 0 spiro atoms. The van der Waals surface area contributed by atoms with E-state index in [0.717, 1.165) is 22.6 Å². The first-order valence-corrected chi connectivity index (χ1v) is 5.55. The second kappa shape index (κ2) is 4.97. The van der Waals surface area contributed by atoms with Crippen LogP contribution in [0.15, 0.2) is 36.5 Å². The van der Waals surface area contributed by atoms with Crippen molar-refractivity contribution in [1.29, 1.82) is 0 Å². The highest BCUT2D eigenvalue weighted by Crippen LogP contribution is 2.30. The van der Waals surface area contributed by atoms with Gasteiger partial charge in [0.2, 0.25) is 0 Å². The lowest BCUT2D eigenvalue weighted by atomic mass is 10.0. The van der Waals surface area contributed by atoms with Gasteiger partial charge in [-0.25, -0.2) is 0 Å². The number of hydrogen-bond donors (Lipinski definition) is 1. The smallest absolute Gasteiger partial charge is 0.145 e. The molecule has 0 fully saturated rings. The zero-order chi connectivity index (χ0) is 12.3. The Morgan fingerprint density at radius 3 is 2.82 bits per heavy atom. The Balaban J connectivity index is 2.62. The van der Waals surface area contributed by atoms with Gasteiger partial charge in [-0.15, -0.1) is 0 Å². The molecule has 0 aliphatic rings. The van der Waals surface area contributed by atoms with Crippen molar-refractivity contribution >= 4 is 0 Å². The molecule has 2 N–H and O–H groups in total. The third-order valence-corrected chi connectivity index (χ3v) is 2.73. The molecule has 2 aromatic rings. The number of aryl methyl sites for hydroxylation is 1.